The van der Waals surface area contributed by atoms with Crippen LogP contribution in [0.4, 0.5) is 0 Å². The van der Waals surface area contributed by atoms with E-state index < -0.39 is 0 Å². The van der Waals surface area contributed by atoms with Crippen molar-refractivity contribution < 1.29 is 14.3 Å². The van der Waals surface area contributed by atoms with Crippen LogP contribution in [0.15, 0.2) is 11.8 Å². The van der Waals surface area contributed by atoms with Crippen molar-refractivity contribution in [3.8, 4) is 0 Å². The Morgan fingerprint density at radius 3 is 2.33 bits per heavy atom. The van der Waals surface area contributed by atoms with Crippen molar-refractivity contribution in [3.05, 3.63) is 11.8 Å². The van der Waals surface area contributed by atoms with Gasteiger partial charge in [0.2, 0.25) is 0 Å². The quantitative estimate of drug-likeness (QED) is 0.494. The minimum atomic E-state index is -0.261. The maximum absolute atomic E-state index is 11.2. The Balaban J connectivity index is 4.20. The van der Waals surface area contributed by atoms with Gasteiger partial charge in [0.15, 0.2) is 5.78 Å². The molecule has 0 radical (unpaired) electrons. The van der Waals surface area contributed by atoms with Gasteiger partial charge >= 0.3 is 5.97 Å². The molecule has 0 heterocycles. The second-order valence-electron chi connectivity index (χ2n) is 3.58. The van der Waals surface area contributed by atoms with E-state index in [2.05, 4.69) is 0 Å². The Hall–Kier alpha value is -1.32. The van der Waals surface area contributed by atoms with Gasteiger partial charge < -0.3 is 9.64 Å². The number of esters is 1. The highest BCUT2D eigenvalue weighted by Gasteiger charge is 2.08. The first-order valence-electron chi connectivity index (χ1n) is 5.01. The maximum atomic E-state index is 11.2. The fourth-order valence-corrected chi connectivity index (χ4v) is 0.976. The average Bonchev–Trinajstić information content (AvgIpc) is 2.11. The molecular weight excluding hydrogens is 194 g/mol. The molecule has 0 aromatic heterocycles. The molecule has 4 nitrogen and oxygen atoms in total. The number of hydrogen-bond acceptors (Lipinski definition) is 4. The lowest BCUT2D eigenvalue weighted by Gasteiger charge is -2.10. The number of ether oxygens (including phenoxy) is 1. The van der Waals surface area contributed by atoms with Gasteiger partial charge in [-0.05, 0) is 13.3 Å². The molecule has 0 atom stereocenters. The summed E-state index contributed by atoms with van der Waals surface area (Å²) in [6.45, 7) is 3.43. The Labute approximate surface area is 90.9 Å². The molecule has 0 saturated carbocycles. The SMILES string of the molecule is CCCC(=O)OCC(=CN(C)C)C(C)=O. The van der Waals surface area contributed by atoms with E-state index in [4.69, 9.17) is 4.74 Å². The molecule has 0 aromatic rings. The fraction of sp³-hybridized carbons (Fsp3) is 0.636. The first-order valence-corrected chi connectivity index (χ1v) is 5.01. The van der Waals surface area contributed by atoms with E-state index in [9.17, 15) is 9.59 Å². The molecule has 0 fully saturated rings. The van der Waals surface area contributed by atoms with Crippen LogP contribution in [0.5, 0.6) is 0 Å². The number of Topliss-reactive ketones (excluding diaryl/α,β-unsaturated/α-hetero) is 1. The van der Waals surface area contributed by atoms with Crippen LogP contribution in [0.1, 0.15) is 26.7 Å². The molecule has 0 aliphatic carbocycles. The topological polar surface area (TPSA) is 46.6 Å². The van der Waals surface area contributed by atoms with Gasteiger partial charge in [-0.2, -0.15) is 0 Å². The Kier molecular flexibility index (Phi) is 6.42. The van der Waals surface area contributed by atoms with Crippen LogP contribution in [0, 0.1) is 0 Å². The molecule has 86 valence electrons. The summed E-state index contributed by atoms with van der Waals surface area (Å²) in [4.78, 5) is 24.0. The van der Waals surface area contributed by atoms with E-state index in [1.165, 1.54) is 6.92 Å². The minimum Gasteiger partial charge on any atom is -0.461 e. The summed E-state index contributed by atoms with van der Waals surface area (Å²) < 4.78 is 4.95. The van der Waals surface area contributed by atoms with E-state index in [-0.39, 0.29) is 18.4 Å². The zero-order valence-corrected chi connectivity index (χ0v) is 9.87. The molecule has 0 amide bonds. The number of carbonyl (C=O) groups is 2. The molecule has 0 aromatic carbocycles. The number of rotatable bonds is 6. The smallest absolute Gasteiger partial charge is 0.306 e. The van der Waals surface area contributed by atoms with Crippen LogP contribution < -0.4 is 0 Å². The Bertz CT molecular complexity index is 257. The van der Waals surface area contributed by atoms with Crippen molar-refractivity contribution in [3.63, 3.8) is 0 Å². The van der Waals surface area contributed by atoms with Crippen LogP contribution >= 0.6 is 0 Å². The van der Waals surface area contributed by atoms with E-state index in [1.807, 2.05) is 21.0 Å². The van der Waals surface area contributed by atoms with Crippen molar-refractivity contribution in [2.24, 2.45) is 0 Å². The highest BCUT2D eigenvalue weighted by molar-refractivity contribution is 5.93. The molecule has 4 heteroatoms. The first-order chi connectivity index (χ1) is 6.97. The zero-order valence-electron chi connectivity index (χ0n) is 9.87. The number of nitrogens with zero attached hydrogens (tertiary/aromatic N) is 1. The van der Waals surface area contributed by atoms with Gasteiger partial charge in [-0.1, -0.05) is 6.92 Å². The van der Waals surface area contributed by atoms with Gasteiger partial charge in [0.1, 0.15) is 6.61 Å². The van der Waals surface area contributed by atoms with E-state index in [0.717, 1.165) is 6.42 Å². The summed E-state index contributed by atoms with van der Waals surface area (Å²) in [7, 11) is 3.63. The van der Waals surface area contributed by atoms with Crippen LogP contribution in [0.2, 0.25) is 0 Å². The third-order valence-electron chi connectivity index (χ3n) is 1.71. The Morgan fingerprint density at radius 1 is 1.33 bits per heavy atom. The summed E-state index contributed by atoms with van der Waals surface area (Å²) in [5, 5.41) is 0. The lowest BCUT2D eigenvalue weighted by molar-refractivity contribution is -0.142. The predicted molar refractivity (Wildman–Crippen MR) is 58.3 cm³/mol. The lowest BCUT2D eigenvalue weighted by atomic mass is 10.2. The normalized spacial score (nSPS) is 11.1. The molecule has 0 aliphatic heterocycles. The van der Waals surface area contributed by atoms with Gasteiger partial charge in [0.25, 0.3) is 0 Å². The predicted octanol–water partition coefficient (Wildman–Crippen LogP) is 1.36. The van der Waals surface area contributed by atoms with E-state index >= 15 is 0 Å². The largest absolute Gasteiger partial charge is 0.461 e. The summed E-state index contributed by atoms with van der Waals surface area (Å²) in [6.07, 6.45) is 2.82. The molecule has 0 spiro atoms. The standard InChI is InChI=1S/C11H19NO3/c1-5-6-11(14)15-8-10(9(2)13)7-12(3)4/h7H,5-6,8H2,1-4H3. The molecule has 0 unspecified atom stereocenters. The summed E-state index contributed by atoms with van der Waals surface area (Å²) in [5.41, 5.74) is 0.504. The molecule has 0 N–H and O–H groups in total. The molecule has 0 rings (SSSR count). The average molecular weight is 213 g/mol. The van der Waals surface area contributed by atoms with Gasteiger partial charge in [0, 0.05) is 32.3 Å². The maximum Gasteiger partial charge on any atom is 0.306 e. The number of hydrogen-bond donors (Lipinski definition) is 0. The van der Waals surface area contributed by atoms with Crippen LogP contribution in [0.3, 0.4) is 0 Å². The summed E-state index contributed by atoms with van der Waals surface area (Å²) in [6, 6.07) is 0. The third-order valence-corrected chi connectivity index (χ3v) is 1.71. The fourth-order valence-electron chi connectivity index (χ4n) is 0.976. The van der Waals surface area contributed by atoms with Gasteiger partial charge in [-0.25, -0.2) is 0 Å². The second kappa shape index (κ2) is 7.04. The van der Waals surface area contributed by atoms with Crippen molar-refractivity contribution in [1.82, 2.24) is 4.90 Å². The molecular formula is C11H19NO3. The van der Waals surface area contributed by atoms with Crippen LogP contribution in [-0.4, -0.2) is 37.4 Å². The lowest BCUT2D eigenvalue weighted by Crippen LogP contribution is -2.14. The van der Waals surface area contributed by atoms with Crippen molar-refractivity contribution in [2.45, 2.75) is 26.7 Å². The van der Waals surface area contributed by atoms with Crippen molar-refractivity contribution >= 4 is 11.8 Å². The molecule has 0 saturated heterocycles. The van der Waals surface area contributed by atoms with Crippen LogP contribution in [0.25, 0.3) is 0 Å². The molecule has 0 aliphatic rings. The van der Waals surface area contributed by atoms with Crippen LogP contribution in [-0.2, 0) is 14.3 Å². The molecule has 15 heavy (non-hydrogen) atoms. The first kappa shape index (κ1) is 13.7. The molecule has 0 bridgehead atoms. The summed E-state index contributed by atoms with van der Waals surface area (Å²) >= 11 is 0. The third kappa shape index (κ3) is 6.71. The highest BCUT2D eigenvalue weighted by Crippen LogP contribution is 2.01. The second-order valence-corrected chi connectivity index (χ2v) is 3.58. The van der Waals surface area contributed by atoms with Gasteiger partial charge in [0.05, 0.1) is 0 Å². The van der Waals surface area contributed by atoms with Gasteiger partial charge in [-0.15, -0.1) is 0 Å². The Morgan fingerprint density at radius 2 is 1.93 bits per heavy atom. The van der Waals surface area contributed by atoms with E-state index in [1.54, 1.807) is 11.1 Å². The minimum absolute atomic E-state index is 0.0619. The van der Waals surface area contributed by atoms with Crippen molar-refractivity contribution in [1.29, 1.82) is 0 Å². The van der Waals surface area contributed by atoms with Gasteiger partial charge in [-0.3, -0.25) is 9.59 Å². The zero-order chi connectivity index (χ0) is 11.8. The summed E-state index contributed by atoms with van der Waals surface area (Å²) in [5.74, 6) is -0.337. The monoisotopic (exact) mass is 213 g/mol. The van der Waals surface area contributed by atoms with E-state index in [0.29, 0.717) is 12.0 Å². The number of carbonyl (C=O) groups excluding carboxylic acids is 2. The van der Waals surface area contributed by atoms with Crippen molar-refractivity contribution in [2.75, 3.05) is 20.7 Å². The number of ketones is 1. The highest BCUT2D eigenvalue weighted by atomic mass is 16.5.